The highest BCUT2D eigenvalue weighted by atomic mass is 19.4. The fraction of sp³-hybridized carbons (Fsp3) is 0.0252. The molecule has 2 aliphatic heterocycles. The Labute approximate surface area is 785 Å². The Morgan fingerprint density at radius 1 is 0.358 bits per heavy atom. The second kappa shape index (κ2) is 31.4. The summed E-state index contributed by atoms with van der Waals surface area (Å²) in [5.41, 5.74) is 28.0. The molecule has 17 aromatic carbocycles. The Hall–Kier alpha value is -18.4. The van der Waals surface area contributed by atoms with Gasteiger partial charge < -0.3 is 14.3 Å². The summed E-state index contributed by atoms with van der Waals surface area (Å²) in [6, 6.07) is 138. The smallest absolute Gasteiger partial charge is 0.311 e. The summed E-state index contributed by atoms with van der Waals surface area (Å²) in [5, 5.41) is 49.1. The second-order valence-corrected chi connectivity index (χ2v) is 35.1. The van der Waals surface area contributed by atoms with Gasteiger partial charge in [0.2, 0.25) is 11.0 Å². The number of hydrogen-bond donors (Lipinski definition) is 0. The molecule has 2 aliphatic carbocycles. The van der Waals surface area contributed by atoms with E-state index in [4.69, 9.17) is 9.98 Å². The van der Waals surface area contributed by atoms with Gasteiger partial charge in [0.05, 0.1) is 45.3 Å². The number of alkyl halides is 3. The molecule has 25 rings (SSSR count). The molecule has 12 nitrogen and oxygen atoms in total. The van der Waals surface area contributed by atoms with Crippen LogP contribution in [0.25, 0.3) is 144 Å². The van der Waals surface area contributed by atoms with Crippen molar-refractivity contribution in [2.45, 2.75) is 18.5 Å². The van der Waals surface area contributed by atoms with Gasteiger partial charge in [-0.05, 0) is 260 Å². The van der Waals surface area contributed by atoms with E-state index < -0.39 is 24.4 Å². The minimum absolute atomic E-state index is 0.0877. The zero-order valence-electron chi connectivity index (χ0n) is 73.1. The van der Waals surface area contributed by atoms with E-state index in [9.17, 15) is 34.2 Å². The number of rotatable bonds is 14. The SMILES string of the molecule is Cc1ccc(-c2ccc3c4c2cccc4c2n3[B][n+]3cc(-c4ccc(N(c5ccc(/C(C#N)=C(\C#N)c6ccc(N(c7ccc(-c8ccccc8)cc7)c7ccc(-c8cc(C#N)c9[n+](c8)B(F)n8c(c%10cccc%11c(-c%12ccc%13c(c%12)C%12(c%14ccccc%14-c%14ccccc%14%12)c%12ccccc%12-%13)ccc8c%11%10)=N9)cc7)cc6)cc5)c5ccc(-c6ccccc6)cc5)cc4)cc(C#N)c3N=2)c(C(F)(F)F)c1. The van der Waals surface area contributed by atoms with Gasteiger partial charge in [-0.2, -0.15) is 34.2 Å². The topological polar surface area (TPSA) is 144 Å². The first-order valence-electron chi connectivity index (χ1n) is 45.1. The van der Waals surface area contributed by atoms with E-state index >= 15 is 4.32 Å². The fourth-order valence-electron chi connectivity index (χ4n) is 21.6. The highest BCUT2D eigenvalue weighted by Crippen LogP contribution is 2.63. The summed E-state index contributed by atoms with van der Waals surface area (Å²) in [7, 11) is 0.0898. The predicted molar refractivity (Wildman–Crippen MR) is 535 cm³/mol. The van der Waals surface area contributed by atoms with Crippen LogP contribution >= 0.6 is 0 Å². The summed E-state index contributed by atoms with van der Waals surface area (Å²) in [4.78, 5) is 14.5. The van der Waals surface area contributed by atoms with Gasteiger partial charge in [0, 0.05) is 67.1 Å². The number of allylic oxidation sites excluding steroid dienone is 2. The van der Waals surface area contributed by atoms with Crippen molar-refractivity contribution in [3.05, 3.63) is 467 Å². The first-order valence-corrected chi connectivity index (χ1v) is 45.1. The summed E-state index contributed by atoms with van der Waals surface area (Å²) < 4.78 is 69.2. The van der Waals surface area contributed by atoms with Crippen LogP contribution in [0.4, 0.5) is 63.2 Å². The third kappa shape index (κ3) is 12.7. The van der Waals surface area contributed by atoms with Crippen molar-refractivity contribution in [1.82, 2.24) is 8.96 Å². The monoisotopic (exact) mass is 1760 g/mol. The van der Waals surface area contributed by atoms with Crippen LogP contribution in [0.15, 0.2) is 411 Å². The van der Waals surface area contributed by atoms with Gasteiger partial charge in [-0.1, -0.05) is 272 Å². The van der Waals surface area contributed by atoms with Gasteiger partial charge in [0.25, 0.3) is 0 Å². The summed E-state index contributed by atoms with van der Waals surface area (Å²) in [6.07, 6.45) is -0.915. The molecule has 0 saturated heterocycles. The van der Waals surface area contributed by atoms with E-state index in [2.05, 4.69) is 210 Å². The molecule has 6 heterocycles. The number of hydrogen-bond acceptors (Lipinski definition) is 8. The molecule has 0 bridgehead atoms. The predicted octanol–water partition coefficient (Wildman–Crippen LogP) is 27.0. The molecule has 0 amide bonds. The van der Waals surface area contributed by atoms with Crippen molar-refractivity contribution in [3.8, 4) is 113 Å². The maximum atomic E-state index is 18.3. The molecule has 0 saturated carbocycles. The average molecular weight is 1760 g/mol. The van der Waals surface area contributed by atoms with Gasteiger partial charge in [-0.3, -0.25) is 13.3 Å². The van der Waals surface area contributed by atoms with Gasteiger partial charge in [-0.25, -0.2) is 4.48 Å². The van der Waals surface area contributed by atoms with Crippen molar-refractivity contribution in [2.24, 2.45) is 9.98 Å². The second-order valence-electron chi connectivity index (χ2n) is 35.1. The standard InChI is InChI=1S/C119H69B2F4N12/c1-72-30-56-97(109(62-72)119(122,123)124)93-59-60-110-112-100(93)24-15-25-101(112)116-130-114-82(66-126)63-84(70-132(114)120-136(110)116)77-35-48-88(49-36-77)134(86-44-31-75(32-45-86)73-16-4-2-5-17-73)90-52-39-79(40-53-90)103(68-128)104(69-129)80-41-54-91(55-42-80)135(87-46-33-76(34-47-87)74-18-6-3-7-19-74)89-50-37-78(38-51-89)85-64-83(67-127)115-131-117-102-26-14-23-99-92(58-61-111(113(99)102)137(117)121(125)133(115)71-85)81-43-57-98-96-22-10-13-29-107(96)118(108(98)65-81)105-27-11-8-20-94(105)95-21-9-12-28-106(95)118/h2-65,70-71H,1H3/q+2/b104-103+. The fourth-order valence-corrected chi connectivity index (χ4v) is 21.6. The highest BCUT2D eigenvalue weighted by Gasteiger charge is 2.52. The molecule has 21 aromatic rings. The van der Waals surface area contributed by atoms with Gasteiger partial charge in [0.1, 0.15) is 35.4 Å². The number of nitriles is 4. The van der Waals surface area contributed by atoms with Gasteiger partial charge in [0.15, 0.2) is 0 Å². The third-order valence-corrected chi connectivity index (χ3v) is 27.7. The lowest BCUT2D eigenvalue weighted by molar-refractivity contribution is -0.535. The maximum Gasteiger partial charge on any atom is 0.727 e. The molecule has 4 aliphatic rings. The first-order chi connectivity index (χ1) is 67.2. The summed E-state index contributed by atoms with van der Waals surface area (Å²) >= 11 is 0. The lowest BCUT2D eigenvalue weighted by Gasteiger charge is -2.30. The lowest BCUT2D eigenvalue weighted by atomic mass is 9.70. The highest BCUT2D eigenvalue weighted by molar-refractivity contribution is 6.43. The first kappa shape index (κ1) is 80.7. The van der Waals surface area contributed by atoms with Crippen molar-refractivity contribution in [2.75, 3.05) is 9.80 Å². The number of halogens is 4. The van der Waals surface area contributed by atoms with Crippen molar-refractivity contribution < 1.29 is 26.4 Å². The molecular weight excluding hydrogens is 1700 g/mol. The Balaban J connectivity index is 0.516. The van der Waals surface area contributed by atoms with E-state index in [1.165, 1.54) is 61.1 Å². The van der Waals surface area contributed by atoms with Crippen LogP contribution in [0.1, 0.15) is 55.6 Å². The Bertz CT molecular complexity index is 8980. The molecule has 0 N–H and O–H groups in total. The van der Waals surface area contributed by atoms with Crippen molar-refractivity contribution in [1.29, 1.82) is 21.0 Å². The van der Waals surface area contributed by atoms with Crippen LogP contribution in [-0.2, 0) is 11.6 Å². The third-order valence-electron chi connectivity index (χ3n) is 27.7. The Morgan fingerprint density at radius 3 is 1.26 bits per heavy atom. The van der Waals surface area contributed by atoms with Crippen LogP contribution in [0.3, 0.4) is 0 Å². The number of benzene rings is 17. The molecule has 0 fully saturated rings. The van der Waals surface area contributed by atoms with Crippen LogP contribution < -0.4 is 29.7 Å². The number of aromatic nitrogens is 4. The minimum Gasteiger partial charge on any atom is -0.311 e. The minimum atomic E-state index is -4.58. The molecule has 18 heteroatoms. The summed E-state index contributed by atoms with van der Waals surface area (Å²) in [6.45, 7) is 1.65. The van der Waals surface area contributed by atoms with Crippen LogP contribution in [0.5, 0.6) is 0 Å². The number of anilines is 6. The number of aryl methyl sites for hydroxylation is 1. The zero-order chi connectivity index (χ0) is 92.2. The maximum absolute atomic E-state index is 18.3. The van der Waals surface area contributed by atoms with E-state index in [0.29, 0.717) is 61.1 Å². The number of fused-ring (bicyclic) bond motifs is 18. The molecule has 0 atom stereocenters. The molecule has 137 heavy (non-hydrogen) atoms. The largest absolute Gasteiger partial charge is 0.727 e. The van der Waals surface area contributed by atoms with Gasteiger partial charge in [-0.15, -0.1) is 0 Å². The average Bonchev–Trinajstić information content (AvgIpc) is 1.50. The van der Waals surface area contributed by atoms with Gasteiger partial charge >= 0.3 is 32.6 Å². The van der Waals surface area contributed by atoms with Crippen LogP contribution in [-0.4, -0.2) is 23.8 Å². The zero-order valence-corrected chi connectivity index (χ0v) is 73.1. The quantitative estimate of drug-likeness (QED) is 0.0459. The molecule has 4 aromatic heterocycles. The molecular formula is C119H69B2F4N12+2. The van der Waals surface area contributed by atoms with E-state index in [1.54, 1.807) is 35.8 Å². The lowest BCUT2D eigenvalue weighted by Crippen LogP contribution is -2.59. The molecule has 1 radical (unpaired) electrons. The molecule has 1 spiro atoms. The van der Waals surface area contributed by atoms with Crippen LogP contribution in [0.2, 0.25) is 0 Å². The van der Waals surface area contributed by atoms with E-state index in [1.807, 2.05) is 205 Å². The Morgan fingerprint density at radius 2 is 0.752 bits per heavy atom. The van der Waals surface area contributed by atoms with Crippen LogP contribution in [0, 0.1) is 52.2 Å². The summed E-state index contributed by atoms with van der Waals surface area (Å²) in [5.74, 6) is 0.624. The molecule has 0 unspecified atom stereocenters. The number of nitrogens with zero attached hydrogens (tertiary/aromatic N) is 12. The number of pyridine rings is 2. The van der Waals surface area contributed by atoms with E-state index in [0.717, 1.165) is 117 Å². The van der Waals surface area contributed by atoms with Crippen molar-refractivity contribution >= 4 is 115 Å². The molecule has 637 valence electrons. The van der Waals surface area contributed by atoms with Crippen molar-refractivity contribution in [3.63, 3.8) is 0 Å². The van der Waals surface area contributed by atoms with E-state index in [-0.39, 0.29) is 28.1 Å². The Kier molecular flexibility index (Phi) is 18.5. The normalized spacial score (nSPS) is 12.9.